The zero-order valence-corrected chi connectivity index (χ0v) is 11.8. The molecule has 0 bridgehead atoms. The zero-order valence-electron chi connectivity index (χ0n) is 11.8. The summed E-state index contributed by atoms with van der Waals surface area (Å²) in [7, 11) is 1.40. The third kappa shape index (κ3) is 3.21. The van der Waals surface area contributed by atoms with E-state index in [0.29, 0.717) is 17.6 Å². The lowest BCUT2D eigenvalue weighted by molar-refractivity contribution is -0.277. The number of carbonyl (C=O) groups is 1. The van der Waals surface area contributed by atoms with E-state index in [2.05, 4.69) is 0 Å². The van der Waals surface area contributed by atoms with Crippen LogP contribution < -0.4 is 9.47 Å². The van der Waals surface area contributed by atoms with Gasteiger partial charge in [0.2, 0.25) is 6.29 Å². The lowest BCUT2D eigenvalue weighted by Crippen LogP contribution is -2.60. The van der Waals surface area contributed by atoms with Crippen molar-refractivity contribution in [2.75, 3.05) is 13.7 Å². The quantitative estimate of drug-likeness (QED) is 0.493. The maximum atomic E-state index is 10.8. The van der Waals surface area contributed by atoms with Gasteiger partial charge in [0.1, 0.15) is 30.7 Å². The number of ether oxygens (including phenoxy) is 3. The highest BCUT2D eigenvalue weighted by atomic mass is 16.7. The number of methoxy groups -OCH3 is 1. The highest BCUT2D eigenvalue weighted by molar-refractivity contribution is 5.76. The van der Waals surface area contributed by atoms with Gasteiger partial charge in [-0.25, -0.2) is 0 Å². The highest BCUT2D eigenvalue weighted by Gasteiger charge is 2.44. The Morgan fingerprint density at radius 3 is 2.50 bits per heavy atom. The average molecular weight is 314 g/mol. The van der Waals surface area contributed by atoms with Gasteiger partial charge in [0.05, 0.1) is 13.7 Å². The summed E-state index contributed by atoms with van der Waals surface area (Å²) >= 11 is 0. The number of benzene rings is 1. The van der Waals surface area contributed by atoms with E-state index in [1.165, 1.54) is 25.3 Å². The molecular formula is C14H18O8. The molecule has 1 aliphatic heterocycles. The Balaban J connectivity index is 2.23. The molecule has 0 saturated carbocycles. The summed E-state index contributed by atoms with van der Waals surface area (Å²) in [5.41, 5.74) is 0.320. The van der Waals surface area contributed by atoms with Crippen LogP contribution in [0.25, 0.3) is 0 Å². The third-order valence-corrected chi connectivity index (χ3v) is 3.42. The molecule has 0 aliphatic carbocycles. The SMILES string of the molecule is COc1ccc(C=O)cc1OC1O[C@H](CO)[C@@H](O)[C@H](O)[C@H]1O. The fraction of sp³-hybridized carbons (Fsp3) is 0.500. The van der Waals surface area contributed by atoms with Crippen LogP contribution in [0.3, 0.4) is 0 Å². The number of hydrogen-bond acceptors (Lipinski definition) is 8. The number of hydrogen-bond donors (Lipinski definition) is 4. The first-order valence-corrected chi connectivity index (χ1v) is 6.62. The average Bonchev–Trinajstić information content (AvgIpc) is 2.55. The van der Waals surface area contributed by atoms with Crippen molar-refractivity contribution < 1.29 is 39.4 Å². The summed E-state index contributed by atoms with van der Waals surface area (Å²) in [5, 5.41) is 38.5. The Hall–Kier alpha value is -1.71. The number of aliphatic hydroxyl groups is 4. The fourth-order valence-corrected chi connectivity index (χ4v) is 2.15. The predicted octanol–water partition coefficient (Wildman–Crippen LogP) is -1.31. The van der Waals surface area contributed by atoms with E-state index in [0.717, 1.165) is 0 Å². The van der Waals surface area contributed by atoms with Gasteiger partial charge < -0.3 is 34.6 Å². The molecule has 1 aromatic carbocycles. The van der Waals surface area contributed by atoms with Gasteiger partial charge in [0.15, 0.2) is 11.5 Å². The molecule has 0 spiro atoms. The van der Waals surface area contributed by atoms with Crippen LogP contribution in [0, 0.1) is 0 Å². The van der Waals surface area contributed by atoms with Crippen LogP contribution in [0.1, 0.15) is 10.4 Å². The third-order valence-electron chi connectivity index (χ3n) is 3.42. The lowest BCUT2D eigenvalue weighted by Gasteiger charge is -2.39. The Bertz CT molecular complexity index is 518. The van der Waals surface area contributed by atoms with Gasteiger partial charge in [-0.3, -0.25) is 4.79 Å². The summed E-state index contributed by atoms with van der Waals surface area (Å²) in [5.74, 6) is 0.416. The smallest absolute Gasteiger partial charge is 0.229 e. The maximum Gasteiger partial charge on any atom is 0.229 e. The molecule has 4 N–H and O–H groups in total. The second kappa shape index (κ2) is 7.03. The van der Waals surface area contributed by atoms with Crippen molar-refractivity contribution in [1.82, 2.24) is 0 Å². The molecule has 5 atom stereocenters. The van der Waals surface area contributed by atoms with Crippen molar-refractivity contribution in [3.63, 3.8) is 0 Å². The minimum Gasteiger partial charge on any atom is -0.493 e. The van der Waals surface area contributed by atoms with E-state index in [1.807, 2.05) is 0 Å². The molecule has 8 heteroatoms. The molecule has 1 aromatic rings. The predicted molar refractivity (Wildman–Crippen MR) is 72.8 cm³/mol. The topological polar surface area (TPSA) is 126 Å². The van der Waals surface area contributed by atoms with E-state index in [4.69, 9.17) is 19.3 Å². The van der Waals surface area contributed by atoms with Gasteiger partial charge in [0, 0.05) is 5.56 Å². The molecule has 1 aliphatic rings. The molecule has 2 rings (SSSR count). The molecule has 8 nitrogen and oxygen atoms in total. The number of aldehydes is 1. The van der Waals surface area contributed by atoms with Crippen molar-refractivity contribution in [1.29, 1.82) is 0 Å². The zero-order chi connectivity index (χ0) is 16.3. The number of carbonyl (C=O) groups excluding carboxylic acids is 1. The Labute approximate surface area is 126 Å². The van der Waals surface area contributed by atoms with Gasteiger partial charge in [-0.1, -0.05) is 0 Å². The molecule has 0 aromatic heterocycles. The molecule has 1 unspecified atom stereocenters. The second-order valence-electron chi connectivity index (χ2n) is 4.84. The second-order valence-corrected chi connectivity index (χ2v) is 4.84. The summed E-state index contributed by atoms with van der Waals surface area (Å²) in [6.45, 7) is -0.559. The van der Waals surface area contributed by atoms with Gasteiger partial charge in [-0.2, -0.15) is 0 Å². The number of rotatable bonds is 5. The van der Waals surface area contributed by atoms with E-state index in [-0.39, 0.29) is 5.75 Å². The van der Waals surface area contributed by atoms with E-state index in [1.54, 1.807) is 0 Å². The summed E-state index contributed by atoms with van der Waals surface area (Å²) in [6.07, 6.45) is -6.36. The van der Waals surface area contributed by atoms with Gasteiger partial charge >= 0.3 is 0 Å². The largest absolute Gasteiger partial charge is 0.493 e. The van der Waals surface area contributed by atoms with Crippen molar-refractivity contribution in [3.8, 4) is 11.5 Å². The van der Waals surface area contributed by atoms with E-state index >= 15 is 0 Å². The molecule has 0 amide bonds. The summed E-state index contributed by atoms with van der Waals surface area (Å²) in [4.78, 5) is 10.8. The fourth-order valence-electron chi connectivity index (χ4n) is 2.15. The first-order valence-electron chi connectivity index (χ1n) is 6.62. The standard InChI is InChI=1S/C14H18O8/c1-20-8-3-2-7(5-15)4-9(8)21-14-13(19)12(18)11(17)10(6-16)22-14/h2-5,10-14,16-19H,6H2,1H3/t10-,11-,12+,13-,14?/m1/s1. The Morgan fingerprint density at radius 1 is 1.18 bits per heavy atom. The summed E-state index contributed by atoms with van der Waals surface area (Å²) in [6, 6.07) is 4.41. The lowest BCUT2D eigenvalue weighted by atomic mass is 9.99. The molecule has 1 saturated heterocycles. The molecule has 0 radical (unpaired) electrons. The Morgan fingerprint density at radius 2 is 1.91 bits per heavy atom. The monoisotopic (exact) mass is 314 g/mol. The van der Waals surface area contributed by atoms with Crippen molar-refractivity contribution in [2.45, 2.75) is 30.7 Å². The van der Waals surface area contributed by atoms with Crippen LogP contribution in [-0.4, -0.2) is 71.1 Å². The van der Waals surface area contributed by atoms with Crippen molar-refractivity contribution in [3.05, 3.63) is 23.8 Å². The molecule has 122 valence electrons. The molecule has 1 heterocycles. The number of aliphatic hydroxyl groups excluding tert-OH is 4. The van der Waals surface area contributed by atoms with Gasteiger partial charge in [-0.15, -0.1) is 0 Å². The van der Waals surface area contributed by atoms with Crippen LogP contribution in [0.4, 0.5) is 0 Å². The van der Waals surface area contributed by atoms with Crippen molar-refractivity contribution in [2.24, 2.45) is 0 Å². The molecule has 22 heavy (non-hydrogen) atoms. The van der Waals surface area contributed by atoms with Gasteiger partial charge in [-0.05, 0) is 18.2 Å². The highest BCUT2D eigenvalue weighted by Crippen LogP contribution is 2.31. The van der Waals surface area contributed by atoms with E-state index in [9.17, 15) is 20.1 Å². The normalized spacial score (nSPS) is 31.6. The first kappa shape index (κ1) is 16.7. The first-order chi connectivity index (χ1) is 10.5. The summed E-state index contributed by atoms with van der Waals surface area (Å²) < 4.78 is 15.8. The van der Waals surface area contributed by atoms with Crippen LogP contribution >= 0.6 is 0 Å². The van der Waals surface area contributed by atoms with E-state index < -0.39 is 37.3 Å². The molecular weight excluding hydrogens is 296 g/mol. The molecule has 1 fully saturated rings. The van der Waals surface area contributed by atoms with Crippen LogP contribution in [0.15, 0.2) is 18.2 Å². The minimum absolute atomic E-state index is 0.122. The maximum absolute atomic E-state index is 10.8. The van der Waals surface area contributed by atoms with Gasteiger partial charge in [0.25, 0.3) is 0 Å². The van der Waals surface area contributed by atoms with Crippen molar-refractivity contribution >= 4 is 6.29 Å². The minimum atomic E-state index is -1.55. The van der Waals surface area contributed by atoms with Crippen LogP contribution in [0.2, 0.25) is 0 Å². The Kier molecular flexibility index (Phi) is 5.33. The van der Waals surface area contributed by atoms with Crippen LogP contribution in [-0.2, 0) is 4.74 Å². The van der Waals surface area contributed by atoms with Crippen LogP contribution in [0.5, 0.6) is 11.5 Å².